The van der Waals surface area contributed by atoms with Crippen LogP contribution in [0.2, 0.25) is 0 Å². The Labute approximate surface area is 78.7 Å². The molecule has 0 aromatic rings. The van der Waals surface area contributed by atoms with Crippen molar-refractivity contribution in [1.82, 2.24) is 0 Å². The summed E-state index contributed by atoms with van der Waals surface area (Å²) in [6.07, 6.45) is 7.04. The standard InChI is InChI=1S/C9H14OS2/c1-12(2)6-8-4-3-5-10-9(8)11-7-12/h6-7H,3-5H2,1-2H3. The van der Waals surface area contributed by atoms with Crippen LogP contribution in [0.15, 0.2) is 10.7 Å². The average Bonchev–Trinajstić information content (AvgIpc) is 2.02. The molecule has 12 heavy (non-hydrogen) atoms. The van der Waals surface area contributed by atoms with E-state index >= 15 is 0 Å². The van der Waals surface area contributed by atoms with Gasteiger partial charge in [-0.2, -0.15) is 0 Å². The largest absolute Gasteiger partial charge is 0.487 e. The average molecular weight is 202 g/mol. The molecule has 0 unspecified atom stereocenters. The number of hydrogen-bond donors (Lipinski definition) is 0. The first-order valence-electron chi connectivity index (χ1n) is 4.11. The Hall–Kier alpha value is -0.0200. The van der Waals surface area contributed by atoms with Gasteiger partial charge in [0.15, 0.2) is 5.09 Å². The predicted octanol–water partition coefficient (Wildman–Crippen LogP) is 2.38. The van der Waals surface area contributed by atoms with E-state index in [4.69, 9.17) is 4.74 Å². The Balaban J connectivity index is 2.41. The molecule has 0 aromatic carbocycles. The van der Waals surface area contributed by atoms with Crippen molar-refractivity contribution in [2.24, 2.45) is 0 Å². The normalized spacial score (nSPS) is 26.5. The molecule has 0 amide bonds. The quantitative estimate of drug-likeness (QED) is 0.558. The highest BCUT2D eigenvalue weighted by Gasteiger charge is 2.15. The Morgan fingerprint density at radius 2 is 2.33 bits per heavy atom. The number of allylic oxidation sites excluding steroid dienone is 1. The van der Waals surface area contributed by atoms with Gasteiger partial charge >= 0.3 is 0 Å². The predicted molar refractivity (Wildman–Crippen MR) is 61.4 cm³/mol. The van der Waals surface area contributed by atoms with E-state index in [9.17, 15) is 0 Å². The SMILES string of the molecule is CS1(C)=CSC2=C(C=1)CCCO2. The second-order valence-electron chi connectivity index (χ2n) is 3.58. The Morgan fingerprint density at radius 3 is 3.17 bits per heavy atom. The summed E-state index contributed by atoms with van der Waals surface area (Å²) in [5, 5.41) is 3.57. The van der Waals surface area contributed by atoms with Gasteiger partial charge < -0.3 is 4.74 Å². The minimum Gasteiger partial charge on any atom is -0.487 e. The molecular formula is C9H14OS2. The van der Waals surface area contributed by atoms with Gasteiger partial charge in [0.05, 0.1) is 6.61 Å². The lowest BCUT2D eigenvalue weighted by Gasteiger charge is -2.22. The Kier molecular flexibility index (Phi) is 2.17. The number of hydrogen-bond acceptors (Lipinski definition) is 2. The van der Waals surface area contributed by atoms with Crippen LogP contribution < -0.4 is 0 Å². The third kappa shape index (κ3) is 1.67. The van der Waals surface area contributed by atoms with E-state index in [0.29, 0.717) is 0 Å². The van der Waals surface area contributed by atoms with Crippen molar-refractivity contribution < 1.29 is 4.74 Å². The van der Waals surface area contributed by atoms with Gasteiger partial charge in [-0.15, -0.1) is 0 Å². The lowest BCUT2D eigenvalue weighted by Crippen LogP contribution is -2.08. The molecule has 0 atom stereocenters. The molecule has 0 fully saturated rings. The van der Waals surface area contributed by atoms with Crippen LogP contribution in [0.5, 0.6) is 0 Å². The van der Waals surface area contributed by atoms with Gasteiger partial charge in [0.25, 0.3) is 0 Å². The lowest BCUT2D eigenvalue weighted by atomic mass is 10.2. The Bertz CT molecular complexity index is 336. The maximum Gasteiger partial charge on any atom is 0.161 e. The van der Waals surface area contributed by atoms with Gasteiger partial charge in [-0.05, 0) is 35.4 Å². The summed E-state index contributed by atoms with van der Waals surface area (Å²) in [4.78, 5) is 0. The van der Waals surface area contributed by atoms with E-state index in [1.807, 2.05) is 0 Å². The first kappa shape index (κ1) is 8.57. The molecule has 2 rings (SSSR count). The maximum absolute atomic E-state index is 5.57. The fourth-order valence-corrected chi connectivity index (χ4v) is 4.46. The number of ether oxygens (including phenoxy) is 1. The highest BCUT2D eigenvalue weighted by atomic mass is 32.2. The molecule has 2 aliphatic heterocycles. The highest BCUT2D eigenvalue weighted by Crippen LogP contribution is 2.34. The molecule has 0 saturated heterocycles. The van der Waals surface area contributed by atoms with Crippen LogP contribution in [0.3, 0.4) is 0 Å². The third-order valence-corrected chi connectivity index (χ3v) is 5.79. The zero-order valence-corrected chi connectivity index (χ0v) is 9.13. The summed E-state index contributed by atoms with van der Waals surface area (Å²) >= 11 is 1.79. The summed E-state index contributed by atoms with van der Waals surface area (Å²) in [5.41, 5.74) is 1.45. The molecule has 2 aliphatic rings. The molecule has 0 N–H and O–H groups in total. The van der Waals surface area contributed by atoms with Crippen molar-refractivity contribution in [3.8, 4) is 0 Å². The molecule has 0 bridgehead atoms. The third-order valence-electron chi connectivity index (χ3n) is 1.93. The summed E-state index contributed by atoms with van der Waals surface area (Å²) < 4.78 is 7.90. The zero-order valence-electron chi connectivity index (χ0n) is 7.50. The zero-order chi connectivity index (χ0) is 8.60. The highest BCUT2D eigenvalue weighted by molar-refractivity contribution is 8.41. The van der Waals surface area contributed by atoms with Crippen LogP contribution in [0, 0.1) is 0 Å². The van der Waals surface area contributed by atoms with Gasteiger partial charge in [-0.3, -0.25) is 0 Å². The van der Waals surface area contributed by atoms with E-state index in [1.54, 1.807) is 11.8 Å². The van der Waals surface area contributed by atoms with Gasteiger partial charge in [0, 0.05) is 5.57 Å². The van der Waals surface area contributed by atoms with Crippen molar-refractivity contribution >= 4 is 31.0 Å². The minimum absolute atomic E-state index is 0.578. The van der Waals surface area contributed by atoms with Crippen LogP contribution in [0.4, 0.5) is 0 Å². The smallest absolute Gasteiger partial charge is 0.161 e. The topological polar surface area (TPSA) is 9.23 Å². The molecule has 68 valence electrons. The first-order valence-corrected chi connectivity index (χ1v) is 7.57. The molecule has 0 spiro atoms. The van der Waals surface area contributed by atoms with E-state index in [1.165, 1.54) is 18.4 Å². The molecule has 0 aromatic heterocycles. The minimum atomic E-state index is -0.578. The van der Waals surface area contributed by atoms with Crippen LogP contribution in [-0.4, -0.2) is 29.2 Å². The fourth-order valence-electron chi connectivity index (χ4n) is 1.40. The van der Waals surface area contributed by atoms with Gasteiger partial charge in [0.2, 0.25) is 0 Å². The van der Waals surface area contributed by atoms with E-state index in [2.05, 4.69) is 22.6 Å². The maximum atomic E-state index is 5.57. The van der Waals surface area contributed by atoms with Crippen molar-refractivity contribution in [2.75, 3.05) is 19.1 Å². The van der Waals surface area contributed by atoms with Gasteiger partial charge in [0.1, 0.15) is 0 Å². The monoisotopic (exact) mass is 202 g/mol. The van der Waals surface area contributed by atoms with Crippen molar-refractivity contribution in [3.63, 3.8) is 0 Å². The molecule has 0 radical (unpaired) electrons. The van der Waals surface area contributed by atoms with Gasteiger partial charge in [-0.25, -0.2) is 9.21 Å². The van der Waals surface area contributed by atoms with Crippen molar-refractivity contribution in [1.29, 1.82) is 0 Å². The van der Waals surface area contributed by atoms with Crippen LogP contribution in [-0.2, 0) is 4.74 Å². The summed E-state index contributed by atoms with van der Waals surface area (Å²) in [6.45, 7) is 0.906. The van der Waals surface area contributed by atoms with Crippen LogP contribution in [0.1, 0.15) is 12.8 Å². The second-order valence-corrected chi connectivity index (χ2v) is 8.17. The second kappa shape index (κ2) is 3.04. The molecule has 3 heteroatoms. The number of rotatable bonds is 0. The Morgan fingerprint density at radius 1 is 1.50 bits per heavy atom. The fraction of sp³-hybridized carbons (Fsp3) is 0.556. The first-order chi connectivity index (χ1) is 5.67. The number of thioether (sulfide) groups is 1. The summed E-state index contributed by atoms with van der Waals surface area (Å²) in [5.74, 6) is 0. The molecule has 0 saturated carbocycles. The van der Waals surface area contributed by atoms with Crippen LogP contribution in [0.25, 0.3) is 0 Å². The molecule has 1 nitrogen and oxygen atoms in total. The van der Waals surface area contributed by atoms with Crippen LogP contribution >= 0.6 is 21.0 Å². The van der Waals surface area contributed by atoms with E-state index in [-0.39, 0.29) is 0 Å². The molecular weight excluding hydrogens is 188 g/mol. The summed E-state index contributed by atoms with van der Waals surface area (Å²) in [6, 6.07) is 0. The van der Waals surface area contributed by atoms with Crippen molar-refractivity contribution in [3.05, 3.63) is 10.7 Å². The lowest BCUT2D eigenvalue weighted by molar-refractivity contribution is 0.218. The van der Waals surface area contributed by atoms with E-state index < -0.39 is 9.21 Å². The van der Waals surface area contributed by atoms with E-state index in [0.717, 1.165) is 11.7 Å². The van der Waals surface area contributed by atoms with Gasteiger partial charge in [-0.1, -0.05) is 11.8 Å². The van der Waals surface area contributed by atoms with Crippen molar-refractivity contribution in [2.45, 2.75) is 12.8 Å². The summed E-state index contributed by atoms with van der Waals surface area (Å²) in [7, 11) is -0.578. The molecule has 0 aliphatic carbocycles. The molecule has 2 heterocycles.